The van der Waals surface area contributed by atoms with Gasteiger partial charge in [0.1, 0.15) is 11.5 Å². The van der Waals surface area contributed by atoms with Gasteiger partial charge in [-0.1, -0.05) is 32.0 Å². The van der Waals surface area contributed by atoms with Crippen molar-refractivity contribution in [1.29, 1.82) is 0 Å². The van der Waals surface area contributed by atoms with Gasteiger partial charge in [0.2, 0.25) is 0 Å². The molecule has 0 atom stereocenters. The number of carbonyl (C=O) groups excluding carboxylic acids is 1. The van der Waals surface area contributed by atoms with Crippen molar-refractivity contribution in [2.24, 2.45) is 5.92 Å². The molecule has 0 aromatic heterocycles. The van der Waals surface area contributed by atoms with Gasteiger partial charge in [-0.2, -0.15) is 0 Å². The zero-order valence-electron chi connectivity index (χ0n) is 14.4. The van der Waals surface area contributed by atoms with Crippen LogP contribution in [0, 0.1) is 5.92 Å². The maximum absolute atomic E-state index is 12.1. The summed E-state index contributed by atoms with van der Waals surface area (Å²) < 4.78 is 5.70. The molecule has 0 radical (unpaired) electrons. The summed E-state index contributed by atoms with van der Waals surface area (Å²) in [5.41, 5.74) is 5.78. The van der Waals surface area contributed by atoms with Crippen LogP contribution in [0.25, 0.3) is 0 Å². The summed E-state index contributed by atoms with van der Waals surface area (Å²) in [7, 11) is 0. The van der Waals surface area contributed by atoms with E-state index in [0.29, 0.717) is 22.3 Å². The third-order valence-corrected chi connectivity index (χ3v) is 3.64. The fourth-order valence-corrected chi connectivity index (χ4v) is 2.16. The minimum Gasteiger partial charge on any atom is -0.457 e. The van der Waals surface area contributed by atoms with E-state index in [0.717, 1.165) is 18.7 Å². The van der Waals surface area contributed by atoms with Gasteiger partial charge in [-0.05, 0) is 61.0 Å². The Morgan fingerprint density at radius 1 is 1.00 bits per heavy atom. The Balaban J connectivity index is 1.79. The highest BCUT2D eigenvalue weighted by Gasteiger charge is 2.06. The first-order valence-corrected chi connectivity index (χ1v) is 8.62. The number of ether oxygens (including phenoxy) is 1. The Morgan fingerprint density at radius 2 is 1.64 bits per heavy atom. The Kier molecular flexibility index (Phi) is 7.22. The van der Waals surface area contributed by atoms with Crippen LogP contribution in [0.3, 0.4) is 0 Å². The van der Waals surface area contributed by atoms with Crippen molar-refractivity contribution < 1.29 is 9.53 Å². The zero-order chi connectivity index (χ0) is 18.1. The number of hydrazine groups is 1. The average Bonchev–Trinajstić information content (AvgIpc) is 2.61. The second kappa shape index (κ2) is 9.64. The molecule has 6 heteroatoms. The number of para-hydroxylation sites is 1. The van der Waals surface area contributed by atoms with Gasteiger partial charge in [-0.25, -0.2) is 0 Å². The van der Waals surface area contributed by atoms with Gasteiger partial charge in [0.25, 0.3) is 5.91 Å². The fraction of sp³-hybridized carbons (Fsp3) is 0.263. The first kappa shape index (κ1) is 18.7. The van der Waals surface area contributed by atoms with Gasteiger partial charge >= 0.3 is 0 Å². The first-order chi connectivity index (χ1) is 12.0. The van der Waals surface area contributed by atoms with Gasteiger partial charge < -0.3 is 10.1 Å². The molecule has 0 unspecified atom stereocenters. The fourth-order valence-electron chi connectivity index (χ4n) is 2.00. The highest BCUT2D eigenvalue weighted by Crippen LogP contribution is 2.20. The van der Waals surface area contributed by atoms with Crippen LogP contribution in [0.5, 0.6) is 11.5 Å². The Labute approximate surface area is 153 Å². The standard InChI is InChI=1S/C19H23N3O2S/c1-14(2)12-13-20-19(25)22-21-18(23)15-8-10-17(11-9-15)24-16-6-4-3-5-7-16/h3-11,14H,12-13H2,1-2H3,(H,21,23)(H2,20,22,25). The third kappa shape index (κ3) is 6.81. The normalized spacial score (nSPS) is 10.2. The van der Waals surface area contributed by atoms with Gasteiger partial charge in [0, 0.05) is 12.1 Å². The molecule has 2 rings (SSSR count). The van der Waals surface area contributed by atoms with Crippen LogP contribution in [-0.4, -0.2) is 17.6 Å². The monoisotopic (exact) mass is 357 g/mol. The van der Waals surface area contributed by atoms with E-state index in [2.05, 4.69) is 30.0 Å². The molecule has 0 aliphatic carbocycles. The molecule has 0 aliphatic heterocycles. The number of benzene rings is 2. The summed E-state index contributed by atoms with van der Waals surface area (Å²) in [5, 5.41) is 3.44. The molecule has 2 aromatic rings. The topological polar surface area (TPSA) is 62.4 Å². The molecule has 132 valence electrons. The van der Waals surface area contributed by atoms with Gasteiger partial charge in [-0.15, -0.1) is 0 Å². The highest BCUT2D eigenvalue weighted by atomic mass is 32.1. The molecule has 0 spiro atoms. The predicted molar refractivity (Wildman–Crippen MR) is 104 cm³/mol. The van der Waals surface area contributed by atoms with Gasteiger partial charge in [0.05, 0.1) is 0 Å². The summed E-state index contributed by atoms with van der Waals surface area (Å²) in [5.74, 6) is 1.75. The highest BCUT2D eigenvalue weighted by molar-refractivity contribution is 7.80. The first-order valence-electron chi connectivity index (χ1n) is 8.22. The molecule has 1 amide bonds. The number of hydrogen-bond acceptors (Lipinski definition) is 3. The van der Waals surface area contributed by atoms with E-state index in [-0.39, 0.29) is 5.91 Å². The molecule has 0 fully saturated rings. The lowest BCUT2D eigenvalue weighted by Crippen LogP contribution is -2.47. The molecular formula is C19H23N3O2S. The SMILES string of the molecule is CC(C)CCNC(=S)NNC(=O)c1ccc(Oc2ccccc2)cc1. The van der Waals surface area contributed by atoms with E-state index >= 15 is 0 Å². The van der Waals surface area contributed by atoms with Crippen molar-refractivity contribution in [3.8, 4) is 11.5 Å². The molecule has 2 aromatic carbocycles. The quantitative estimate of drug-likeness (QED) is 0.544. The van der Waals surface area contributed by atoms with Crippen LogP contribution < -0.4 is 20.9 Å². The lowest BCUT2D eigenvalue weighted by molar-refractivity contribution is 0.0943. The van der Waals surface area contributed by atoms with Crippen LogP contribution in [0.1, 0.15) is 30.6 Å². The molecule has 25 heavy (non-hydrogen) atoms. The van der Waals surface area contributed by atoms with E-state index in [1.54, 1.807) is 24.3 Å². The van der Waals surface area contributed by atoms with Crippen LogP contribution in [0.2, 0.25) is 0 Å². The van der Waals surface area contributed by atoms with Crippen molar-refractivity contribution in [1.82, 2.24) is 16.2 Å². The van der Waals surface area contributed by atoms with Crippen LogP contribution in [-0.2, 0) is 0 Å². The Morgan fingerprint density at radius 3 is 2.28 bits per heavy atom. The van der Waals surface area contributed by atoms with Gasteiger partial charge in [0.15, 0.2) is 5.11 Å². The van der Waals surface area contributed by atoms with Crippen LogP contribution in [0.15, 0.2) is 54.6 Å². The zero-order valence-corrected chi connectivity index (χ0v) is 15.2. The van der Waals surface area contributed by atoms with E-state index in [4.69, 9.17) is 17.0 Å². The summed E-state index contributed by atoms with van der Waals surface area (Å²) in [4.78, 5) is 12.1. The summed E-state index contributed by atoms with van der Waals surface area (Å²) in [6.07, 6.45) is 1.01. The summed E-state index contributed by atoms with van der Waals surface area (Å²) >= 11 is 5.11. The number of nitrogens with one attached hydrogen (secondary N) is 3. The minimum absolute atomic E-state index is 0.265. The van der Waals surface area contributed by atoms with E-state index in [1.807, 2.05) is 30.3 Å². The molecule has 0 bridgehead atoms. The lowest BCUT2D eigenvalue weighted by atomic mass is 10.1. The maximum Gasteiger partial charge on any atom is 0.269 e. The Bertz CT molecular complexity index is 688. The van der Waals surface area contributed by atoms with Crippen molar-refractivity contribution in [3.63, 3.8) is 0 Å². The third-order valence-electron chi connectivity index (χ3n) is 3.39. The number of thiocarbonyl (C=S) groups is 1. The number of amides is 1. The second-order valence-electron chi connectivity index (χ2n) is 5.96. The van der Waals surface area contributed by atoms with Crippen molar-refractivity contribution in [2.75, 3.05) is 6.54 Å². The number of carbonyl (C=O) groups is 1. The maximum atomic E-state index is 12.1. The molecule has 3 N–H and O–H groups in total. The van der Waals surface area contributed by atoms with Crippen LogP contribution >= 0.6 is 12.2 Å². The van der Waals surface area contributed by atoms with E-state index in [9.17, 15) is 4.79 Å². The molecule has 5 nitrogen and oxygen atoms in total. The van der Waals surface area contributed by atoms with E-state index in [1.165, 1.54) is 0 Å². The van der Waals surface area contributed by atoms with Crippen LogP contribution in [0.4, 0.5) is 0 Å². The molecule has 0 saturated heterocycles. The van der Waals surface area contributed by atoms with Gasteiger partial charge in [-0.3, -0.25) is 15.6 Å². The lowest BCUT2D eigenvalue weighted by Gasteiger charge is -2.12. The Hall–Kier alpha value is -2.60. The van der Waals surface area contributed by atoms with Crippen molar-refractivity contribution >= 4 is 23.2 Å². The molecular weight excluding hydrogens is 334 g/mol. The molecule has 0 saturated carbocycles. The number of hydrogen-bond donors (Lipinski definition) is 3. The summed E-state index contributed by atoms with van der Waals surface area (Å²) in [6.45, 7) is 5.06. The van der Waals surface area contributed by atoms with E-state index < -0.39 is 0 Å². The molecule has 0 heterocycles. The predicted octanol–water partition coefficient (Wildman–Crippen LogP) is 3.63. The van der Waals surface area contributed by atoms with Crippen molar-refractivity contribution in [2.45, 2.75) is 20.3 Å². The summed E-state index contributed by atoms with van der Waals surface area (Å²) in [6, 6.07) is 16.4. The number of rotatable bonds is 6. The minimum atomic E-state index is -0.265. The van der Waals surface area contributed by atoms with Crippen molar-refractivity contribution in [3.05, 3.63) is 60.2 Å². The molecule has 0 aliphatic rings. The second-order valence-corrected chi connectivity index (χ2v) is 6.37. The smallest absolute Gasteiger partial charge is 0.269 e. The average molecular weight is 357 g/mol. The largest absolute Gasteiger partial charge is 0.457 e.